The first-order chi connectivity index (χ1) is 23.0. The lowest BCUT2D eigenvalue weighted by atomic mass is 9.97. The summed E-state index contributed by atoms with van der Waals surface area (Å²) in [6.45, 7) is -0.0252. The fourth-order valence-corrected chi connectivity index (χ4v) is 6.65. The number of hydrogen-bond acceptors (Lipinski definition) is 7. The number of nitrogens with one attached hydrogen (secondary N) is 1. The van der Waals surface area contributed by atoms with Crippen molar-refractivity contribution in [3.8, 4) is 39.4 Å². The summed E-state index contributed by atoms with van der Waals surface area (Å²) in [7, 11) is 2.89. The molecule has 1 unspecified atom stereocenters. The first-order valence-corrected chi connectivity index (χ1v) is 15.8. The molecule has 12 nitrogen and oxygen atoms in total. The van der Waals surface area contributed by atoms with Crippen LogP contribution in [0.25, 0.3) is 39.0 Å². The molecule has 1 aliphatic rings. The molecule has 1 atom stereocenters. The van der Waals surface area contributed by atoms with Gasteiger partial charge in [-0.1, -0.05) is 71.2 Å². The molecular weight excluding hydrogens is 683 g/mol. The van der Waals surface area contributed by atoms with Crippen LogP contribution in [0.2, 0.25) is 15.1 Å². The Kier molecular flexibility index (Phi) is 9.15. The number of amides is 2. The summed E-state index contributed by atoms with van der Waals surface area (Å²) in [5, 5.41) is 17.8. The third-order valence-electron chi connectivity index (χ3n) is 8.23. The van der Waals surface area contributed by atoms with Crippen LogP contribution in [0, 0.1) is 0 Å². The first kappa shape index (κ1) is 33.0. The number of carbonyl (C=O) groups is 3. The van der Waals surface area contributed by atoms with Gasteiger partial charge in [0.05, 0.1) is 40.0 Å². The van der Waals surface area contributed by atoms with Crippen LogP contribution in [0.4, 0.5) is 4.79 Å². The lowest BCUT2D eigenvalue weighted by molar-refractivity contribution is -0.119. The average molecular weight is 710 g/mol. The molecule has 2 N–H and O–H groups in total. The number of pyridine rings is 1. The number of carbonyl (C=O) groups excluding carboxylic acids is 2. The highest BCUT2D eigenvalue weighted by molar-refractivity contribution is 6.39. The minimum absolute atomic E-state index is 0.0188. The van der Waals surface area contributed by atoms with Crippen molar-refractivity contribution in [1.82, 2.24) is 29.4 Å². The molecule has 246 valence electrons. The van der Waals surface area contributed by atoms with Crippen LogP contribution < -0.4 is 15.6 Å². The largest absolute Gasteiger partial charge is 0.481 e. The second kappa shape index (κ2) is 13.3. The van der Waals surface area contributed by atoms with E-state index in [1.165, 1.54) is 23.2 Å². The summed E-state index contributed by atoms with van der Waals surface area (Å²) in [5.41, 5.74) is 3.59. The number of nitrogens with zero attached hydrogens (tertiary/aromatic N) is 5. The van der Waals surface area contributed by atoms with Crippen LogP contribution in [-0.4, -0.2) is 67.2 Å². The van der Waals surface area contributed by atoms with E-state index in [2.05, 4.69) is 15.4 Å². The summed E-state index contributed by atoms with van der Waals surface area (Å²) in [4.78, 5) is 53.7. The molecule has 5 aromatic rings. The number of hydrogen-bond donors (Lipinski definition) is 2. The van der Waals surface area contributed by atoms with Crippen molar-refractivity contribution in [2.75, 3.05) is 13.7 Å². The highest BCUT2D eigenvalue weighted by Crippen LogP contribution is 2.43. The Hall–Kier alpha value is -4.91. The molecule has 48 heavy (non-hydrogen) atoms. The maximum Gasteiger partial charge on any atom is 0.407 e. The molecule has 0 saturated carbocycles. The van der Waals surface area contributed by atoms with Crippen molar-refractivity contribution in [3.05, 3.63) is 91.5 Å². The van der Waals surface area contributed by atoms with Crippen molar-refractivity contribution in [2.24, 2.45) is 7.05 Å². The number of ether oxygens (including phenoxy) is 1. The van der Waals surface area contributed by atoms with Gasteiger partial charge in [0.1, 0.15) is 5.52 Å². The predicted octanol–water partition coefficient (Wildman–Crippen LogP) is 5.97. The van der Waals surface area contributed by atoms with Gasteiger partial charge >= 0.3 is 6.09 Å². The Morgan fingerprint density at radius 1 is 1.08 bits per heavy atom. The second-order valence-corrected chi connectivity index (χ2v) is 12.3. The van der Waals surface area contributed by atoms with Gasteiger partial charge in [0, 0.05) is 60.1 Å². The molecule has 1 fully saturated rings. The fraction of sp³-hybridized carbons (Fsp3) is 0.212. The van der Waals surface area contributed by atoms with E-state index in [0.29, 0.717) is 68.2 Å². The molecule has 6 rings (SSSR count). The van der Waals surface area contributed by atoms with Gasteiger partial charge in [0.25, 0.3) is 5.56 Å². The molecule has 3 aromatic heterocycles. The van der Waals surface area contributed by atoms with Crippen LogP contribution >= 0.6 is 34.8 Å². The van der Waals surface area contributed by atoms with E-state index in [1.807, 2.05) is 12.1 Å². The number of aromatic nitrogens is 4. The Morgan fingerprint density at radius 2 is 1.75 bits per heavy atom. The van der Waals surface area contributed by atoms with Crippen molar-refractivity contribution < 1.29 is 24.2 Å². The average Bonchev–Trinajstić information content (AvgIpc) is 3.69. The lowest BCUT2D eigenvalue weighted by Gasteiger charge is -2.24. The Bertz CT molecular complexity index is 2180. The van der Waals surface area contributed by atoms with Gasteiger partial charge in [-0.2, -0.15) is 0 Å². The third-order valence-corrected chi connectivity index (χ3v) is 9.38. The van der Waals surface area contributed by atoms with E-state index in [1.54, 1.807) is 42.6 Å². The molecular formula is C33H27Cl3N6O6. The quantitative estimate of drug-likeness (QED) is 0.178. The topological polar surface area (TPSA) is 148 Å². The number of fused-ring (bicyclic) bond motifs is 1. The maximum atomic E-state index is 12.8. The van der Waals surface area contributed by atoms with E-state index in [-0.39, 0.29) is 52.8 Å². The third kappa shape index (κ3) is 6.10. The minimum Gasteiger partial charge on any atom is -0.481 e. The van der Waals surface area contributed by atoms with Gasteiger partial charge in [0.2, 0.25) is 11.8 Å². The van der Waals surface area contributed by atoms with Crippen molar-refractivity contribution in [3.63, 3.8) is 0 Å². The Morgan fingerprint density at radius 3 is 2.38 bits per heavy atom. The van der Waals surface area contributed by atoms with E-state index < -0.39 is 6.09 Å². The van der Waals surface area contributed by atoms with E-state index in [0.717, 1.165) is 4.90 Å². The lowest BCUT2D eigenvalue weighted by Crippen LogP contribution is -2.41. The zero-order valence-corrected chi connectivity index (χ0v) is 27.8. The standard InChI is InChI=1S/C33H27Cl3N6O6/c1-40-27(16-43)39-42-13-17(11-26(42)32(40)45)19-5-3-6-20(29(19)35)21-7-4-8-22(30(21)36)25-12-24(34)23(31(38-25)48-2)15-41(33(46)47)14-18-9-10-28(44)37-18/h3-8,11-13,16,18H,9-10,14-15H2,1-2H3,(H,37,44)(H,46,47). The highest BCUT2D eigenvalue weighted by atomic mass is 35.5. The molecule has 0 radical (unpaired) electrons. The molecule has 15 heteroatoms. The predicted molar refractivity (Wildman–Crippen MR) is 181 cm³/mol. The molecule has 0 spiro atoms. The molecule has 0 aliphatic carbocycles. The number of benzene rings is 2. The normalized spacial score (nSPS) is 14.3. The van der Waals surface area contributed by atoms with Crippen molar-refractivity contribution in [2.45, 2.75) is 25.4 Å². The van der Waals surface area contributed by atoms with Crippen LogP contribution in [0.15, 0.2) is 59.5 Å². The fourth-order valence-electron chi connectivity index (χ4n) is 5.75. The molecule has 1 aliphatic heterocycles. The SMILES string of the molecule is COc1nc(-c2cccc(-c3cccc(-c4cc5c(=O)n(C)c(C=O)nn5c4)c3Cl)c2Cl)cc(Cl)c1CN(CC1CCC(=O)N1)C(=O)O. The smallest absolute Gasteiger partial charge is 0.407 e. The zero-order chi connectivity index (χ0) is 34.3. The van der Waals surface area contributed by atoms with Gasteiger partial charge in [0.15, 0.2) is 12.1 Å². The number of carboxylic acid groups (broad SMARTS) is 1. The summed E-state index contributed by atoms with van der Waals surface area (Å²) in [6.07, 6.45) is 1.85. The summed E-state index contributed by atoms with van der Waals surface area (Å²) >= 11 is 20.7. The van der Waals surface area contributed by atoms with E-state index >= 15 is 0 Å². The van der Waals surface area contributed by atoms with Gasteiger partial charge in [-0.25, -0.2) is 14.3 Å². The highest BCUT2D eigenvalue weighted by Gasteiger charge is 2.27. The molecule has 2 aromatic carbocycles. The van der Waals surface area contributed by atoms with Crippen molar-refractivity contribution >= 4 is 58.6 Å². The monoisotopic (exact) mass is 708 g/mol. The van der Waals surface area contributed by atoms with Crippen LogP contribution in [0.3, 0.4) is 0 Å². The molecule has 0 bridgehead atoms. The number of aldehydes is 1. The second-order valence-electron chi connectivity index (χ2n) is 11.2. The minimum atomic E-state index is -1.17. The van der Waals surface area contributed by atoms with Gasteiger partial charge < -0.3 is 20.1 Å². The Labute approximate surface area is 288 Å². The van der Waals surface area contributed by atoms with Gasteiger partial charge in [-0.15, -0.1) is 5.10 Å². The number of methoxy groups -OCH3 is 1. The molecule has 2 amide bonds. The van der Waals surface area contributed by atoms with E-state index in [9.17, 15) is 24.3 Å². The number of halogens is 3. The zero-order valence-electron chi connectivity index (χ0n) is 25.5. The summed E-state index contributed by atoms with van der Waals surface area (Å²) in [6, 6.07) is 13.7. The van der Waals surface area contributed by atoms with Gasteiger partial charge in [-0.3, -0.25) is 19.0 Å². The van der Waals surface area contributed by atoms with Crippen LogP contribution in [0.5, 0.6) is 5.88 Å². The Balaban J connectivity index is 1.36. The summed E-state index contributed by atoms with van der Waals surface area (Å²) < 4.78 is 8.08. The molecule has 4 heterocycles. The van der Waals surface area contributed by atoms with Crippen molar-refractivity contribution in [1.29, 1.82) is 0 Å². The van der Waals surface area contributed by atoms with Crippen LogP contribution in [0.1, 0.15) is 29.0 Å². The van der Waals surface area contributed by atoms with E-state index in [4.69, 9.17) is 39.5 Å². The maximum absolute atomic E-state index is 12.8. The molecule has 1 saturated heterocycles. The number of rotatable bonds is 9. The first-order valence-electron chi connectivity index (χ1n) is 14.6. The van der Waals surface area contributed by atoms with Crippen LogP contribution in [-0.2, 0) is 18.4 Å². The summed E-state index contributed by atoms with van der Waals surface area (Å²) in [5.74, 6) is -0.00933. The van der Waals surface area contributed by atoms with Gasteiger partial charge in [-0.05, 0) is 18.6 Å².